The average Bonchev–Trinajstić information content (AvgIpc) is 2.57. The summed E-state index contributed by atoms with van der Waals surface area (Å²) < 4.78 is 0.764. The van der Waals surface area contributed by atoms with Gasteiger partial charge >= 0.3 is 0 Å². The SMILES string of the molecule is C=CCc1cccc(/C=N/NC(=O)CNc2ccc(Cl)cc2Br)c1O. The lowest BCUT2D eigenvalue weighted by atomic mass is 10.1. The summed E-state index contributed by atoms with van der Waals surface area (Å²) in [5.41, 5.74) is 4.43. The number of amides is 1. The summed E-state index contributed by atoms with van der Waals surface area (Å²) in [4.78, 5) is 11.8. The molecule has 130 valence electrons. The molecular weight excluding hydrogens is 406 g/mol. The molecule has 3 N–H and O–H groups in total. The number of phenols is 1. The monoisotopic (exact) mass is 421 g/mol. The summed E-state index contributed by atoms with van der Waals surface area (Å²) in [6.07, 6.45) is 3.66. The van der Waals surface area contributed by atoms with Gasteiger partial charge in [0.1, 0.15) is 5.75 Å². The van der Waals surface area contributed by atoms with Gasteiger partial charge in [0, 0.05) is 20.7 Å². The van der Waals surface area contributed by atoms with Crippen LogP contribution in [0.15, 0.2) is 58.6 Å². The lowest BCUT2D eigenvalue weighted by Crippen LogP contribution is -2.26. The first-order valence-corrected chi connectivity index (χ1v) is 8.61. The summed E-state index contributed by atoms with van der Waals surface area (Å²) >= 11 is 9.23. The van der Waals surface area contributed by atoms with Crippen molar-refractivity contribution in [3.05, 3.63) is 69.7 Å². The summed E-state index contributed by atoms with van der Waals surface area (Å²) in [7, 11) is 0. The first-order chi connectivity index (χ1) is 12.0. The van der Waals surface area contributed by atoms with Crippen molar-refractivity contribution in [2.45, 2.75) is 6.42 Å². The van der Waals surface area contributed by atoms with Gasteiger partial charge in [-0.25, -0.2) is 5.43 Å². The zero-order valence-electron chi connectivity index (χ0n) is 13.3. The van der Waals surface area contributed by atoms with Crippen molar-refractivity contribution in [3.63, 3.8) is 0 Å². The number of allylic oxidation sites excluding steroid dienone is 1. The number of benzene rings is 2. The maximum atomic E-state index is 11.8. The molecule has 0 radical (unpaired) electrons. The molecule has 7 heteroatoms. The number of carbonyl (C=O) groups is 1. The van der Waals surface area contributed by atoms with E-state index < -0.39 is 0 Å². The first-order valence-electron chi connectivity index (χ1n) is 7.44. The molecule has 0 fully saturated rings. The average molecular weight is 423 g/mol. The number of nitrogens with zero attached hydrogens (tertiary/aromatic N) is 1. The maximum Gasteiger partial charge on any atom is 0.259 e. The fraction of sp³-hybridized carbons (Fsp3) is 0.111. The van der Waals surface area contributed by atoms with E-state index in [0.29, 0.717) is 17.0 Å². The fourth-order valence-corrected chi connectivity index (χ4v) is 2.88. The lowest BCUT2D eigenvalue weighted by molar-refractivity contribution is -0.119. The van der Waals surface area contributed by atoms with Crippen LogP contribution in [0.2, 0.25) is 5.02 Å². The van der Waals surface area contributed by atoms with Gasteiger partial charge in [-0.05, 0) is 52.2 Å². The fourth-order valence-electron chi connectivity index (χ4n) is 2.06. The minimum absolute atomic E-state index is 0.0417. The number of hydrogen-bond acceptors (Lipinski definition) is 4. The summed E-state index contributed by atoms with van der Waals surface area (Å²) in [6.45, 7) is 3.69. The second-order valence-electron chi connectivity index (χ2n) is 5.12. The third kappa shape index (κ3) is 5.62. The van der Waals surface area contributed by atoms with Crippen LogP contribution in [0.1, 0.15) is 11.1 Å². The van der Waals surface area contributed by atoms with E-state index in [0.717, 1.165) is 15.7 Å². The Morgan fingerprint density at radius 2 is 2.16 bits per heavy atom. The Hall–Kier alpha value is -2.31. The molecule has 0 unspecified atom stereocenters. The van der Waals surface area contributed by atoms with Crippen LogP contribution < -0.4 is 10.7 Å². The molecule has 0 saturated carbocycles. The molecule has 2 rings (SSSR count). The van der Waals surface area contributed by atoms with Crippen molar-refractivity contribution in [1.82, 2.24) is 5.43 Å². The predicted molar refractivity (Wildman–Crippen MR) is 105 cm³/mol. The highest BCUT2D eigenvalue weighted by Crippen LogP contribution is 2.25. The summed E-state index contributed by atoms with van der Waals surface area (Å²) in [5, 5.41) is 17.6. The standard InChI is InChI=1S/C18H17BrClN3O2/c1-2-4-12-5-3-6-13(18(12)25)10-22-23-17(24)11-21-16-8-7-14(20)9-15(16)19/h2-3,5-10,21,25H,1,4,11H2,(H,23,24)/b22-10+. The van der Waals surface area contributed by atoms with Crippen LogP contribution in [0.3, 0.4) is 0 Å². The second kappa shape index (κ2) is 9.25. The van der Waals surface area contributed by atoms with Gasteiger partial charge in [-0.1, -0.05) is 29.8 Å². The number of halogens is 2. The van der Waals surface area contributed by atoms with Crippen LogP contribution in [-0.2, 0) is 11.2 Å². The van der Waals surface area contributed by atoms with Crippen LogP contribution in [0.25, 0.3) is 0 Å². The van der Waals surface area contributed by atoms with Crippen molar-refractivity contribution in [2.24, 2.45) is 5.10 Å². The number of para-hydroxylation sites is 1. The molecule has 0 spiro atoms. The highest BCUT2D eigenvalue weighted by atomic mass is 79.9. The molecular formula is C18H17BrClN3O2. The summed E-state index contributed by atoms with van der Waals surface area (Å²) in [6, 6.07) is 10.6. The van der Waals surface area contributed by atoms with Gasteiger partial charge in [-0.3, -0.25) is 4.79 Å². The van der Waals surface area contributed by atoms with Crippen LogP contribution in [0.4, 0.5) is 5.69 Å². The Balaban J connectivity index is 1.90. The van der Waals surface area contributed by atoms with Crippen LogP contribution >= 0.6 is 27.5 Å². The van der Waals surface area contributed by atoms with Gasteiger partial charge in [0.25, 0.3) is 5.91 Å². The van der Waals surface area contributed by atoms with Crippen molar-refractivity contribution < 1.29 is 9.90 Å². The lowest BCUT2D eigenvalue weighted by Gasteiger charge is -2.08. The molecule has 0 heterocycles. The summed E-state index contributed by atoms with van der Waals surface area (Å²) in [5.74, 6) is -0.191. The van der Waals surface area contributed by atoms with E-state index >= 15 is 0 Å². The van der Waals surface area contributed by atoms with Crippen LogP contribution in [-0.4, -0.2) is 23.8 Å². The Morgan fingerprint density at radius 1 is 1.36 bits per heavy atom. The highest BCUT2D eigenvalue weighted by molar-refractivity contribution is 9.10. The maximum absolute atomic E-state index is 11.8. The number of aromatic hydroxyl groups is 1. The molecule has 5 nitrogen and oxygen atoms in total. The molecule has 0 atom stereocenters. The third-order valence-corrected chi connectivity index (χ3v) is 4.17. The number of rotatable bonds is 7. The molecule has 0 aliphatic rings. The van der Waals surface area contributed by atoms with E-state index in [4.69, 9.17) is 11.6 Å². The highest BCUT2D eigenvalue weighted by Gasteiger charge is 2.05. The van der Waals surface area contributed by atoms with Gasteiger partial charge in [0.2, 0.25) is 0 Å². The molecule has 0 aromatic heterocycles. The Labute approximate surface area is 159 Å². The van der Waals surface area contributed by atoms with Gasteiger partial charge in [0.15, 0.2) is 0 Å². The normalized spacial score (nSPS) is 10.6. The van der Waals surface area contributed by atoms with Gasteiger partial charge in [-0.15, -0.1) is 6.58 Å². The van der Waals surface area contributed by atoms with Crippen LogP contribution in [0.5, 0.6) is 5.75 Å². The van der Waals surface area contributed by atoms with E-state index in [9.17, 15) is 9.90 Å². The molecule has 0 aliphatic heterocycles. The number of anilines is 1. The zero-order chi connectivity index (χ0) is 18.2. The van der Waals surface area contributed by atoms with Crippen LogP contribution in [0, 0.1) is 0 Å². The number of hydrazone groups is 1. The largest absolute Gasteiger partial charge is 0.507 e. The minimum Gasteiger partial charge on any atom is -0.507 e. The second-order valence-corrected chi connectivity index (χ2v) is 6.41. The van der Waals surface area contributed by atoms with E-state index in [1.165, 1.54) is 6.21 Å². The smallest absolute Gasteiger partial charge is 0.259 e. The number of carbonyl (C=O) groups excluding carboxylic acids is 1. The Morgan fingerprint density at radius 3 is 2.88 bits per heavy atom. The van der Waals surface area contributed by atoms with E-state index in [1.807, 2.05) is 0 Å². The van der Waals surface area contributed by atoms with E-state index in [2.05, 4.69) is 38.4 Å². The zero-order valence-corrected chi connectivity index (χ0v) is 15.6. The predicted octanol–water partition coefficient (Wildman–Crippen LogP) is 4.10. The minimum atomic E-state index is -0.320. The van der Waals surface area contributed by atoms with Crippen molar-refractivity contribution in [2.75, 3.05) is 11.9 Å². The van der Waals surface area contributed by atoms with E-state index in [-0.39, 0.29) is 18.2 Å². The molecule has 2 aromatic carbocycles. The number of hydrogen-bond donors (Lipinski definition) is 3. The van der Waals surface area contributed by atoms with Gasteiger partial charge in [-0.2, -0.15) is 5.10 Å². The first kappa shape index (κ1) is 19.0. The third-order valence-electron chi connectivity index (χ3n) is 3.28. The van der Waals surface area contributed by atoms with Gasteiger partial charge in [0.05, 0.1) is 12.8 Å². The van der Waals surface area contributed by atoms with Crippen molar-refractivity contribution in [3.8, 4) is 5.75 Å². The Kier molecular flexibility index (Phi) is 7.03. The van der Waals surface area contributed by atoms with E-state index in [1.54, 1.807) is 42.5 Å². The van der Waals surface area contributed by atoms with Gasteiger partial charge < -0.3 is 10.4 Å². The van der Waals surface area contributed by atoms with Crippen molar-refractivity contribution >= 4 is 45.3 Å². The molecule has 2 aromatic rings. The topological polar surface area (TPSA) is 73.7 Å². The Bertz CT molecular complexity index is 809. The van der Waals surface area contributed by atoms with Crippen molar-refractivity contribution in [1.29, 1.82) is 0 Å². The molecule has 0 aliphatic carbocycles. The molecule has 0 saturated heterocycles. The molecule has 25 heavy (non-hydrogen) atoms. The molecule has 0 bridgehead atoms. The molecule has 1 amide bonds. The number of nitrogens with one attached hydrogen (secondary N) is 2. The number of phenolic OH excluding ortho intramolecular Hbond substituents is 1. The quantitative estimate of drug-likeness (QED) is 0.357.